The van der Waals surface area contributed by atoms with Crippen LogP contribution in [0, 0.1) is 0 Å². The van der Waals surface area contributed by atoms with Crippen molar-refractivity contribution in [2.24, 2.45) is 0 Å². The average molecular weight is 260 g/mol. The lowest BCUT2D eigenvalue weighted by atomic mass is 10.1. The standard InChI is InChI=1S/C14H16N2OS/c1-9(2)16-13(8-18-14(16)17)11-3-4-12-10(7-11)5-6-15-12/h3-4,7-9,15H,5-6H2,1-2H3. The van der Waals surface area contributed by atoms with Crippen molar-refractivity contribution < 1.29 is 0 Å². The molecule has 3 nitrogen and oxygen atoms in total. The molecule has 1 N–H and O–H groups in total. The lowest BCUT2D eigenvalue weighted by Gasteiger charge is -2.12. The minimum atomic E-state index is 0.124. The van der Waals surface area contributed by atoms with Crippen LogP contribution in [0.4, 0.5) is 5.69 Å². The first-order chi connectivity index (χ1) is 8.66. The number of hydrogen-bond acceptors (Lipinski definition) is 3. The van der Waals surface area contributed by atoms with Crippen molar-refractivity contribution >= 4 is 17.0 Å². The SMILES string of the molecule is CC(C)n1c(-c2ccc3c(c2)CCN3)csc1=O. The molecule has 1 aliphatic rings. The predicted octanol–water partition coefficient (Wildman–Crippen LogP) is 3.13. The van der Waals surface area contributed by atoms with Gasteiger partial charge < -0.3 is 5.32 Å². The Labute approximate surface area is 110 Å². The predicted molar refractivity (Wildman–Crippen MR) is 76.6 cm³/mol. The highest BCUT2D eigenvalue weighted by Crippen LogP contribution is 2.29. The topological polar surface area (TPSA) is 34.0 Å². The molecule has 0 spiro atoms. The second-order valence-electron chi connectivity index (χ2n) is 4.90. The van der Waals surface area contributed by atoms with E-state index in [-0.39, 0.29) is 10.9 Å². The third-order valence-electron chi connectivity index (χ3n) is 3.35. The highest BCUT2D eigenvalue weighted by molar-refractivity contribution is 7.07. The van der Waals surface area contributed by atoms with Gasteiger partial charge in [-0.25, -0.2) is 0 Å². The minimum absolute atomic E-state index is 0.124. The van der Waals surface area contributed by atoms with Gasteiger partial charge in [0.25, 0.3) is 0 Å². The molecule has 18 heavy (non-hydrogen) atoms. The molecule has 0 saturated carbocycles. The summed E-state index contributed by atoms with van der Waals surface area (Å²) in [6.07, 6.45) is 1.07. The largest absolute Gasteiger partial charge is 0.384 e. The number of benzene rings is 1. The van der Waals surface area contributed by atoms with Crippen LogP contribution in [0.5, 0.6) is 0 Å². The summed E-state index contributed by atoms with van der Waals surface area (Å²) in [5.41, 5.74) is 4.76. The van der Waals surface area contributed by atoms with Crippen LogP contribution in [0.3, 0.4) is 0 Å². The molecule has 0 amide bonds. The maximum absolute atomic E-state index is 11.9. The Morgan fingerprint density at radius 3 is 3.00 bits per heavy atom. The number of rotatable bonds is 2. The Morgan fingerprint density at radius 1 is 1.39 bits per heavy atom. The van der Waals surface area contributed by atoms with E-state index in [0.29, 0.717) is 0 Å². The van der Waals surface area contributed by atoms with Crippen LogP contribution >= 0.6 is 11.3 Å². The van der Waals surface area contributed by atoms with Gasteiger partial charge in [-0.2, -0.15) is 0 Å². The molecular formula is C14H16N2OS. The van der Waals surface area contributed by atoms with Gasteiger partial charge in [-0.3, -0.25) is 9.36 Å². The first-order valence-electron chi connectivity index (χ1n) is 6.24. The summed E-state index contributed by atoms with van der Waals surface area (Å²) >= 11 is 1.28. The molecule has 1 aromatic carbocycles. The second-order valence-corrected chi connectivity index (χ2v) is 5.72. The molecular weight excluding hydrogens is 244 g/mol. The van der Waals surface area contributed by atoms with Gasteiger partial charge in [-0.1, -0.05) is 17.4 Å². The summed E-state index contributed by atoms with van der Waals surface area (Å²) in [6, 6.07) is 6.61. The molecule has 0 unspecified atom stereocenters. The van der Waals surface area contributed by atoms with E-state index in [4.69, 9.17) is 0 Å². The first-order valence-corrected chi connectivity index (χ1v) is 7.12. The number of anilines is 1. The highest BCUT2D eigenvalue weighted by Gasteiger charge is 2.15. The summed E-state index contributed by atoms with van der Waals surface area (Å²) in [5.74, 6) is 0. The lowest BCUT2D eigenvalue weighted by Crippen LogP contribution is -2.16. The first kappa shape index (κ1) is 11.5. The van der Waals surface area contributed by atoms with E-state index in [9.17, 15) is 4.79 Å². The van der Waals surface area contributed by atoms with Crippen molar-refractivity contribution in [1.29, 1.82) is 0 Å². The van der Waals surface area contributed by atoms with E-state index in [1.54, 1.807) is 0 Å². The maximum atomic E-state index is 11.9. The number of nitrogens with one attached hydrogen (secondary N) is 1. The van der Waals surface area contributed by atoms with Crippen LogP contribution in [0.1, 0.15) is 25.5 Å². The molecule has 0 aliphatic carbocycles. The van der Waals surface area contributed by atoms with Gasteiger partial charge in [0.2, 0.25) is 0 Å². The molecule has 2 heterocycles. The van der Waals surface area contributed by atoms with Crippen LogP contribution < -0.4 is 10.2 Å². The van der Waals surface area contributed by atoms with E-state index < -0.39 is 0 Å². The monoisotopic (exact) mass is 260 g/mol. The third kappa shape index (κ3) is 1.77. The van der Waals surface area contributed by atoms with Crippen LogP contribution in [-0.2, 0) is 6.42 Å². The fraction of sp³-hybridized carbons (Fsp3) is 0.357. The third-order valence-corrected chi connectivity index (χ3v) is 4.09. The second kappa shape index (κ2) is 4.28. The summed E-state index contributed by atoms with van der Waals surface area (Å²) in [7, 11) is 0. The minimum Gasteiger partial charge on any atom is -0.384 e. The normalized spacial score (nSPS) is 13.7. The summed E-state index contributed by atoms with van der Waals surface area (Å²) in [6.45, 7) is 5.11. The Morgan fingerprint density at radius 2 is 2.22 bits per heavy atom. The molecule has 0 bridgehead atoms. The van der Waals surface area contributed by atoms with Gasteiger partial charge in [-0.15, -0.1) is 0 Å². The number of fused-ring (bicyclic) bond motifs is 1. The fourth-order valence-electron chi connectivity index (χ4n) is 2.48. The number of thiazole rings is 1. The van der Waals surface area contributed by atoms with Crippen LogP contribution in [-0.4, -0.2) is 11.1 Å². The zero-order chi connectivity index (χ0) is 12.7. The van der Waals surface area contributed by atoms with E-state index in [0.717, 1.165) is 24.2 Å². The van der Waals surface area contributed by atoms with Gasteiger partial charge in [0.15, 0.2) is 0 Å². The summed E-state index contributed by atoms with van der Waals surface area (Å²) in [4.78, 5) is 12.0. The fourth-order valence-corrected chi connectivity index (χ4v) is 3.36. The molecule has 0 saturated heterocycles. The Kier molecular flexibility index (Phi) is 2.74. The zero-order valence-electron chi connectivity index (χ0n) is 10.6. The summed E-state index contributed by atoms with van der Waals surface area (Å²) < 4.78 is 1.87. The quantitative estimate of drug-likeness (QED) is 0.900. The molecule has 0 atom stereocenters. The van der Waals surface area contributed by atoms with E-state index in [1.165, 1.54) is 22.6 Å². The Balaban J connectivity index is 2.13. The van der Waals surface area contributed by atoms with Crippen molar-refractivity contribution in [3.63, 3.8) is 0 Å². The molecule has 1 aliphatic heterocycles. The highest BCUT2D eigenvalue weighted by atomic mass is 32.1. The zero-order valence-corrected chi connectivity index (χ0v) is 11.4. The molecule has 1 aromatic heterocycles. The van der Waals surface area contributed by atoms with Crippen LogP contribution in [0.25, 0.3) is 11.3 Å². The van der Waals surface area contributed by atoms with Gasteiger partial charge in [0.1, 0.15) is 0 Å². The Hall–Kier alpha value is -1.55. The number of nitrogens with zero attached hydrogens (tertiary/aromatic N) is 1. The van der Waals surface area contributed by atoms with Crippen LogP contribution in [0.15, 0.2) is 28.4 Å². The van der Waals surface area contributed by atoms with Gasteiger partial charge in [-0.05, 0) is 43.5 Å². The van der Waals surface area contributed by atoms with Crippen molar-refractivity contribution in [3.8, 4) is 11.3 Å². The van der Waals surface area contributed by atoms with Crippen molar-refractivity contribution in [1.82, 2.24) is 4.57 Å². The molecule has 0 fully saturated rings. The summed E-state index contributed by atoms with van der Waals surface area (Å²) in [5, 5.41) is 5.32. The molecule has 3 rings (SSSR count). The van der Waals surface area contributed by atoms with E-state index >= 15 is 0 Å². The van der Waals surface area contributed by atoms with Crippen molar-refractivity contribution in [3.05, 3.63) is 38.8 Å². The van der Waals surface area contributed by atoms with E-state index in [1.807, 2.05) is 23.8 Å². The molecule has 2 aromatic rings. The molecule has 0 radical (unpaired) electrons. The van der Waals surface area contributed by atoms with Gasteiger partial charge in [0, 0.05) is 23.7 Å². The Bertz CT molecular complexity index is 639. The lowest BCUT2D eigenvalue weighted by molar-refractivity contribution is 0.597. The maximum Gasteiger partial charge on any atom is 0.307 e. The van der Waals surface area contributed by atoms with E-state index in [2.05, 4.69) is 23.5 Å². The molecule has 4 heteroatoms. The number of hydrogen-bond donors (Lipinski definition) is 1. The smallest absolute Gasteiger partial charge is 0.307 e. The number of aromatic nitrogens is 1. The van der Waals surface area contributed by atoms with Crippen LogP contribution in [0.2, 0.25) is 0 Å². The van der Waals surface area contributed by atoms with Crippen molar-refractivity contribution in [2.75, 3.05) is 11.9 Å². The van der Waals surface area contributed by atoms with Crippen molar-refractivity contribution in [2.45, 2.75) is 26.3 Å². The average Bonchev–Trinajstić information content (AvgIpc) is 2.93. The molecule has 94 valence electrons. The van der Waals surface area contributed by atoms with Gasteiger partial charge in [0.05, 0.1) is 5.69 Å². The van der Waals surface area contributed by atoms with Gasteiger partial charge >= 0.3 is 4.87 Å².